The van der Waals surface area contributed by atoms with Crippen molar-refractivity contribution in [1.29, 1.82) is 0 Å². The maximum atomic E-state index is 13.1. The van der Waals surface area contributed by atoms with Crippen molar-refractivity contribution in [2.75, 3.05) is 33.3 Å². The van der Waals surface area contributed by atoms with Gasteiger partial charge in [-0.1, -0.05) is 18.2 Å². The molecule has 2 amide bonds. The van der Waals surface area contributed by atoms with E-state index in [1.54, 1.807) is 12.0 Å². The average molecular weight is 431 g/mol. The summed E-state index contributed by atoms with van der Waals surface area (Å²) in [6, 6.07) is 12.1. The molecule has 4 rings (SSSR count). The summed E-state index contributed by atoms with van der Waals surface area (Å²) in [5.41, 5.74) is 2.76. The van der Waals surface area contributed by atoms with E-state index in [4.69, 9.17) is 4.74 Å². The number of para-hydroxylation sites is 1. The Morgan fingerprint density at radius 2 is 1.67 bits per heavy atom. The van der Waals surface area contributed by atoms with Crippen LogP contribution in [-0.2, 0) is 16.6 Å². The molecule has 0 bridgehead atoms. The van der Waals surface area contributed by atoms with Gasteiger partial charge < -0.3 is 15.0 Å². The molecule has 0 atom stereocenters. The Labute approximate surface area is 174 Å². The lowest BCUT2D eigenvalue weighted by Gasteiger charge is -2.23. The topological polar surface area (TPSA) is 79.0 Å². The highest BCUT2D eigenvalue weighted by molar-refractivity contribution is 7.89. The third-order valence-electron chi connectivity index (χ3n) is 5.36. The van der Waals surface area contributed by atoms with Gasteiger partial charge in [0.1, 0.15) is 11.6 Å². The quantitative estimate of drug-likeness (QED) is 0.738. The Kier molecular flexibility index (Phi) is 5.48. The molecular weight excluding hydrogens is 409 g/mol. The predicted molar refractivity (Wildman–Crippen MR) is 109 cm³/mol. The maximum absolute atomic E-state index is 13.1. The molecular formula is C21H22FN3O4S. The molecule has 1 N–H and O–H groups in total. The number of carbonyl (C=O) groups is 1. The van der Waals surface area contributed by atoms with Crippen LogP contribution in [0.15, 0.2) is 64.6 Å². The van der Waals surface area contributed by atoms with Gasteiger partial charge in [-0.15, -0.1) is 0 Å². The number of halogens is 1. The number of sulfonamides is 1. The Morgan fingerprint density at radius 1 is 1.03 bits per heavy atom. The SMILES string of the molecule is COc1ccccc1CNC(=O)N1CC2=C(C1)CN(S(=O)(=O)c1ccc(F)cc1)C2. The van der Waals surface area contributed by atoms with Gasteiger partial charge in [0.05, 0.1) is 12.0 Å². The molecule has 0 fully saturated rings. The molecule has 0 aliphatic carbocycles. The molecule has 0 radical (unpaired) electrons. The summed E-state index contributed by atoms with van der Waals surface area (Å²) in [4.78, 5) is 14.3. The standard InChI is InChI=1S/C21H22FN3O4S/c1-29-20-5-3-2-4-15(20)10-23-21(26)24-11-16-13-25(14-17(16)12-24)30(27,28)19-8-6-18(22)7-9-19/h2-9H,10-14H2,1H3,(H,23,26). The largest absolute Gasteiger partial charge is 0.496 e. The summed E-state index contributed by atoms with van der Waals surface area (Å²) in [5, 5.41) is 2.89. The van der Waals surface area contributed by atoms with E-state index < -0.39 is 15.8 Å². The van der Waals surface area contributed by atoms with Gasteiger partial charge in [-0.3, -0.25) is 0 Å². The lowest BCUT2D eigenvalue weighted by Crippen LogP contribution is -2.41. The maximum Gasteiger partial charge on any atom is 0.318 e. The highest BCUT2D eigenvalue weighted by Crippen LogP contribution is 2.30. The molecule has 7 nitrogen and oxygen atoms in total. The van der Waals surface area contributed by atoms with Crippen LogP contribution >= 0.6 is 0 Å². The molecule has 2 aromatic carbocycles. The van der Waals surface area contributed by atoms with Crippen LogP contribution in [0.25, 0.3) is 0 Å². The summed E-state index contributed by atoms with van der Waals surface area (Å²) in [5.74, 6) is 0.229. The monoisotopic (exact) mass is 431 g/mol. The molecule has 0 saturated carbocycles. The highest BCUT2D eigenvalue weighted by Gasteiger charge is 2.37. The van der Waals surface area contributed by atoms with Crippen molar-refractivity contribution < 1.29 is 22.3 Å². The zero-order valence-electron chi connectivity index (χ0n) is 16.5. The van der Waals surface area contributed by atoms with Crippen molar-refractivity contribution in [1.82, 2.24) is 14.5 Å². The van der Waals surface area contributed by atoms with E-state index in [1.165, 1.54) is 16.4 Å². The van der Waals surface area contributed by atoms with Gasteiger partial charge in [0, 0.05) is 38.3 Å². The highest BCUT2D eigenvalue weighted by atomic mass is 32.2. The minimum atomic E-state index is -3.70. The van der Waals surface area contributed by atoms with Crippen molar-refractivity contribution in [2.24, 2.45) is 0 Å². The fraction of sp³-hybridized carbons (Fsp3) is 0.286. The minimum absolute atomic E-state index is 0.0662. The summed E-state index contributed by atoms with van der Waals surface area (Å²) >= 11 is 0. The van der Waals surface area contributed by atoms with E-state index in [-0.39, 0.29) is 24.0 Å². The third-order valence-corrected chi connectivity index (χ3v) is 7.17. The van der Waals surface area contributed by atoms with Gasteiger partial charge in [-0.25, -0.2) is 17.6 Å². The number of methoxy groups -OCH3 is 1. The zero-order chi connectivity index (χ0) is 21.3. The molecule has 0 unspecified atom stereocenters. The summed E-state index contributed by atoms with van der Waals surface area (Å²) in [7, 11) is -2.11. The van der Waals surface area contributed by atoms with Crippen molar-refractivity contribution in [3.05, 3.63) is 71.1 Å². The zero-order valence-corrected chi connectivity index (χ0v) is 17.3. The Bertz CT molecular complexity index is 1080. The van der Waals surface area contributed by atoms with E-state index in [0.717, 1.165) is 28.8 Å². The van der Waals surface area contributed by atoms with Crippen molar-refractivity contribution in [3.63, 3.8) is 0 Å². The molecule has 0 spiro atoms. The summed E-state index contributed by atoms with van der Waals surface area (Å²) < 4.78 is 45.3. The van der Waals surface area contributed by atoms with Crippen LogP contribution in [0.3, 0.4) is 0 Å². The molecule has 0 aromatic heterocycles. The molecule has 9 heteroatoms. The van der Waals surface area contributed by atoms with Crippen molar-refractivity contribution in [3.8, 4) is 5.75 Å². The first kappa shape index (κ1) is 20.4. The summed E-state index contributed by atoms with van der Waals surface area (Å²) in [6.07, 6.45) is 0. The third kappa shape index (κ3) is 3.90. The fourth-order valence-electron chi connectivity index (χ4n) is 3.75. The van der Waals surface area contributed by atoms with Gasteiger partial charge in [0.15, 0.2) is 0 Å². The van der Waals surface area contributed by atoms with Crippen LogP contribution in [0, 0.1) is 5.82 Å². The van der Waals surface area contributed by atoms with Crippen LogP contribution < -0.4 is 10.1 Å². The van der Waals surface area contributed by atoms with Gasteiger partial charge in [-0.05, 0) is 41.5 Å². The number of amides is 2. The first-order valence-corrected chi connectivity index (χ1v) is 10.9. The number of hydrogen-bond donors (Lipinski definition) is 1. The number of ether oxygens (including phenoxy) is 1. The predicted octanol–water partition coefficient (Wildman–Crippen LogP) is 2.36. The number of benzene rings is 2. The number of rotatable bonds is 5. The van der Waals surface area contributed by atoms with Gasteiger partial charge in [0.25, 0.3) is 0 Å². The Hall–Kier alpha value is -2.91. The van der Waals surface area contributed by atoms with E-state index in [1.807, 2.05) is 24.3 Å². The number of nitrogens with one attached hydrogen (secondary N) is 1. The van der Waals surface area contributed by atoms with E-state index in [9.17, 15) is 17.6 Å². The van der Waals surface area contributed by atoms with E-state index >= 15 is 0 Å². The second kappa shape index (κ2) is 8.08. The average Bonchev–Trinajstić information content (AvgIpc) is 3.32. The Balaban J connectivity index is 1.34. The van der Waals surface area contributed by atoms with Crippen LogP contribution in [0.5, 0.6) is 5.75 Å². The van der Waals surface area contributed by atoms with Crippen LogP contribution in [0.4, 0.5) is 9.18 Å². The van der Waals surface area contributed by atoms with Gasteiger partial charge >= 0.3 is 6.03 Å². The van der Waals surface area contributed by atoms with Crippen molar-refractivity contribution in [2.45, 2.75) is 11.4 Å². The first-order valence-electron chi connectivity index (χ1n) is 9.48. The van der Waals surface area contributed by atoms with Crippen LogP contribution in [0.1, 0.15) is 5.56 Å². The number of urea groups is 1. The molecule has 2 aromatic rings. The minimum Gasteiger partial charge on any atom is -0.496 e. The first-order chi connectivity index (χ1) is 14.4. The normalized spacial score (nSPS) is 16.7. The Morgan fingerprint density at radius 3 is 2.30 bits per heavy atom. The van der Waals surface area contributed by atoms with E-state index in [0.29, 0.717) is 25.4 Å². The number of carbonyl (C=O) groups excluding carboxylic acids is 1. The molecule has 30 heavy (non-hydrogen) atoms. The van der Waals surface area contributed by atoms with Gasteiger partial charge in [0.2, 0.25) is 10.0 Å². The molecule has 0 saturated heterocycles. The second-order valence-corrected chi connectivity index (χ2v) is 9.20. The second-order valence-electron chi connectivity index (χ2n) is 7.26. The lowest BCUT2D eigenvalue weighted by molar-refractivity contribution is 0.207. The molecule has 2 heterocycles. The molecule has 2 aliphatic rings. The number of nitrogens with zero attached hydrogens (tertiary/aromatic N) is 2. The summed E-state index contributed by atoms with van der Waals surface area (Å²) in [6.45, 7) is 1.61. The fourth-order valence-corrected chi connectivity index (χ4v) is 5.18. The van der Waals surface area contributed by atoms with Crippen LogP contribution in [-0.4, -0.2) is 56.9 Å². The smallest absolute Gasteiger partial charge is 0.318 e. The molecule has 2 aliphatic heterocycles. The van der Waals surface area contributed by atoms with E-state index in [2.05, 4.69) is 5.32 Å². The van der Waals surface area contributed by atoms with Crippen molar-refractivity contribution >= 4 is 16.1 Å². The molecule has 158 valence electrons. The van der Waals surface area contributed by atoms with Crippen LogP contribution in [0.2, 0.25) is 0 Å². The van der Waals surface area contributed by atoms with Gasteiger partial charge in [-0.2, -0.15) is 4.31 Å². The lowest BCUT2D eigenvalue weighted by atomic mass is 10.2. The number of hydrogen-bond acceptors (Lipinski definition) is 4.